The smallest absolute Gasteiger partial charge is 0.0739 e. The van der Waals surface area contributed by atoms with E-state index in [1.54, 1.807) is 0 Å². The van der Waals surface area contributed by atoms with E-state index in [0.29, 0.717) is 0 Å². The highest BCUT2D eigenvalue weighted by Gasteiger charge is 2.16. The van der Waals surface area contributed by atoms with Crippen LogP contribution >= 0.6 is 12.2 Å². The molecule has 0 aliphatic carbocycles. The van der Waals surface area contributed by atoms with E-state index in [4.69, 9.17) is 0 Å². The lowest BCUT2D eigenvalue weighted by molar-refractivity contribution is 0.202. The second kappa shape index (κ2) is 6.79. The minimum atomic E-state index is 0.863. The number of benzene rings is 1. The largest absolute Gasteiger partial charge is 0.306 e. The molecule has 0 amide bonds. The summed E-state index contributed by atoms with van der Waals surface area (Å²) in [7, 11) is 2.23. The third-order valence-electron chi connectivity index (χ3n) is 3.67. The van der Waals surface area contributed by atoms with Crippen LogP contribution in [0.1, 0.15) is 24.8 Å². The van der Waals surface area contributed by atoms with Crippen LogP contribution in [0.15, 0.2) is 29.3 Å². The standard InChI is InChI=1S/C15H20N2S/c1-17-10-2-3-14(11-17)5-4-13-6-8-15(9-7-13)16-12-18/h6-9,14H,2-5,10-11H2,1H3. The van der Waals surface area contributed by atoms with E-state index >= 15 is 0 Å². The third-order valence-corrected chi connectivity index (χ3v) is 3.77. The lowest BCUT2D eigenvalue weighted by Gasteiger charge is -2.29. The number of nitrogens with zero attached hydrogens (tertiary/aromatic N) is 2. The van der Waals surface area contributed by atoms with E-state index in [1.807, 2.05) is 12.1 Å². The Morgan fingerprint density at radius 3 is 2.83 bits per heavy atom. The van der Waals surface area contributed by atoms with Gasteiger partial charge in [0.1, 0.15) is 0 Å². The Labute approximate surface area is 115 Å². The average molecular weight is 260 g/mol. The molecule has 1 unspecified atom stereocenters. The molecule has 0 aromatic heterocycles. The van der Waals surface area contributed by atoms with Crippen molar-refractivity contribution in [2.75, 3.05) is 20.1 Å². The first-order valence-corrected chi connectivity index (χ1v) is 7.04. The normalized spacial score (nSPS) is 20.4. The number of hydrogen-bond donors (Lipinski definition) is 0. The Morgan fingerprint density at radius 2 is 2.17 bits per heavy atom. The summed E-state index contributed by atoms with van der Waals surface area (Å²) in [6.07, 6.45) is 5.20. The monoisotopic (exact) mass is 260 g/mol. The molecule has 18 heavy (non-hydrogen) atoms. The summed E-state index contributed by atoms with van der Waals surface area (Å²) in [4.78, 5) is 6.42. The fraction of sp³-hybridized carbons (Fsp3) is 0.533. The SMILES string of the molecule is CN1CCCC(CCc2ccc(N=C=S)cc2)C1. The highest BCUT2D eigenvalue weighted by molar-refractivity contribution is 7.78. The van der Waals surface area contributed by atoms with Gasteiger partial charge in [-0.3, -0.25) is 0 Å². The molecule has 0 bridgehead atoms. The maximum atomic E-state index is 4.59. The van der Waals surface area contributed by atoms with Gasteiger partial charge in [0.2, 0.25) is 0 Å². The average Bonchev–Trinajstić information content (AvgIpc) is 2.38. The maximum absolute atomic E-state index is 4.59. The topological polar surface area (TPSA) is 15.6 Å². The predicted molar refractivity (Wildman–Crippen MR) is 79.7 cm³/mol. The summed E-state index contributed by atoms with van der Waals surface area (Å²) >= 11 is 4.59. The van der Waals surface area contributed by atoms with Gasteiger partial charge in [-0.25, -0.2) is 0 Å². The van der Waals surface area contributed by atoms with E-state index in [0.717, 1.165) is 11.6 Å². The first-order valence-electron chi connectivity index (χ1n) is 6.63. The van der Waals surface area contributed by atoms with Crippen molar-refractivity contribution in [2.24, 2.45) is 10.9 Å². The number of aryl methyl sites for hydroxylation is 1. The summed E-state index contributed by atoms with van der Waals surface area (Å²) < 4.78 is 0. The first kappa shape index (κ1) is 13.4. The molecule has 0 saturated carbocycles. The number of hydrogen-bond acceptors (Lipinski definition) is 3. The van der Waals surface area contributed by atoms with Crippen molar-refractivity contribution in [2.45, 2.75) is 25.7 Å². The molecule has 1 fully saturated rings. The lowest BCUT2D eigenvalue weighted by Crippen LogP contribution is -2.32. The van der Waals surface area contributed by atoms with Crippen LogP contribution in [0.2, 0.25) is 0 Å². The van der Waals surface area contributed by atoms with Crippen LogP contribution < -0.4 is 0 Å². The van der Waals surface area contributed by atoms with Gasteiger partial charge in [0.25, 0.3) is 0 Å². The number of likely N-dealkylation sites (tertiary alicyclic amines) is 1. The van der Waals surface area contributed by atoms with Gasteiger partial charge in [-0.2, -0.15) is 4.99 Å². The zero-order valence-corrected chi connectivity index (χ0v) is 11.7. The highest BCUT2D eigenvalue weighted by atomic mass is 32.1. The summed E-state index contributed by atoms with van der Waals surface area (Å²) in [6, 6.07) is 8.33. The van der Waals surface area contributed by atoms with Crippen LogP contribution in [-0.2, 0) is 6.42 Å². The van der Waals surface area contributed by atoms with Crippen molar-refractivity contribution >= 4 is 23.1 Å². The number of isothiocyanates is 1. The van der Waals surface area contributed by atoms with Gasteiger partial charge in [-0.15, -0.1) is 0 Å². The van der Waals surface area contributed by atoms with Crippen molar-refractivity contribution in [1.82, 2.24) is 4.90 Å². The van der Waals surface area contributed by atoms with Crippen LogP contribution in [0, 0.1) is 5.92 Å². The molecule has 2 nitrogen and oxygen atoms in total. The van der Waals surface area contributed by atoms with E-state index in [2.05, 4.69) is 46.5 Å². The van der Waals surface area contributed by atoms with Crippen molar-refractivity contribution in [3.05, 3.63) is 29.8 Å². The lowest BCUT2D eigenvalue weighted by atomic mass is 9.92. The molecule has 1 aromatic rings. The fourth-order valence-corrected chi connectivity index (χ4v) is 2.77. The van der Waals surface area contributed by atoms with Gasteiger partial charge in [0.05, 0.1) is 10.8 Å². The molecule has 1 atom stereocenters. The molecule has 96 valence electrons. The molecule has 1 aliphatic rings. The summed E-state index contributed by atoms with van der Waals surface area (Å²) in [5.74, 6) is 0.863. The molecule has 1 saturated heterocycles. The number of thiocarbonyl (C=S) groups is 1. The Balaban J connectivity index is 1.84. The van der Waals surface area contributed by atoms with Crippen molar-refractivity contribution in [1.29, 1.82) is 0 Å². The van der Waals surface area contributed by atoms with E-state index < -0.39 is 0 Å². The van der Waals surface area contributed by atoms with E-state index in [1.165, 1.54) is 44.3 Å². The van der Waals surface area contributed by atoms with E-state index in [-0.39, 0.29) is 0 Å². The van der Waals surface area contributed by atoms with Crippen molar-refractivity contribution in [3.63, 3.8) is 0 Å². The minimum Gasteiger partial charge on any atom is -0.306 e. The molecule has 2 rings (SSSR count). The Kier molecular flexibility index (Phi) is 5.06. The second-order valence-electron chi connectivity index (χ2n) is 5.18. The van der Waals surface area contributed by atoms with Crippen LogP contribution in [0.25, 0.3) is 0 Å². The van der Waals surface area contributed by atoms with Gasteiger partial charge in [0, 0.05) is 6.54 Å². The minimum absolute atomic E-state index is 0.863. The number of aliphatic imine (C=N–C) groups is 1. The molecular formula is C15H20N2S. The maximum Gasteiger partial charge on any atom is 0.0739 e. The highest BCUT2D eigenvalue weighted by Crippen LogP contribution is 2.21. The van der Waals surface area contributed by atoms with Gasteiger partial charge in [-0.05, 0) is 75.1 Å². The second-order valence-corrected chi connectivity index (χ2v) is 5.36. The first-order chi connectivity index (χ1) is 8.78. The van der Waals surface area contributed by atoms with Gasteiger partial charge in [0.15, 0.2) is 0 Å². The quantitative estimate of drug-likeness (QED) is 0.606. The van der Waals surface area contributed by atoms with E-state index in [9.17, 15) is 0 Å². The number of rotatable bonds is 4. The molecule has 1 aliphatic heterocycles. The molecule has 0 radical (unpaired) electrons. The van der Waals surface area contributed by atoms with Crippen molar-refractivity contribution < 1.29 is 0 Å². The van der Waals surface area contributed by atoms with Crippen LogP contribution in [-0.4, -0.2) is 30.2 Å². The predicted octanol–water partition coefficient (Wildman–Crippen LogP) is 3.70. The van der Waals surface area contributed by atoms with Gasteiger partial charge >= 0.3 is 0 Å². The summed E-state index contributed by atoms with van der Waals surface area (Å²) in [6.45, 7) is 2.52. The molecule has 1 aromatic carbocycles. The molecule has 1 heterocycles. The fourth-order valence-electron chi connectivity index (χ4n) is 2.67. The van der Waals surface area contributed by atoms with Crippen LogP contribution in [0.4, 0.5) is 5.69 Å². The Bertz CT molecular complexity index is 421. The van der Waals surface area contributed by atoms with Crippen LogP contribution in [0.3, 0.4) is 0 Å². The summed E-state index contributed by atoms with van der Waals surface area (Å²) in [5, 5.41) is 2.39. The zero-order chi connectivity index (χ0) is 12.8. The Morgan fingerprint density at radius 1 is 1.39 bits per heavy atom. The molecule has 0 spiro atoms. The zero-order valence-electron chi connectivity index (χ0n) is 10.9. The van der Waals surface area contributed by atoms with Gasteiger partial charge < -0.3 is 4.90 Å². The molecule has 3 heteroatoms. The van der Waals surface area contributed by atoms with Crippen molar-refractivity contribution in [3.8, 4) is 0 Å². The number of piperidine rings is 1. The molecular weight excluding hydrogens is 240 g/mol. The third kappa shape index (κ3) is 4.02. The van der Waals surface area contributed by atoms with Gasteiger partial charge in [-0.1, -0.05) is 12.1 Å². The summed E-state index contributed by atoms with van der Waals surface area (Å²) in [5.41, 5.74) is 2.29. The Hall–Kier alpha value is -1.02. The molecule has 0 N–H and O–H groups in total. The van der Waals surface area contributed by atoms with Crippen LogP contribution in [0.5, 0.6) is 0 Å².